The number of hydrogen-bond acceptors (Lipinski definition) is 9. The molecule has 30 heavy (non-hydrogen) atoms. The molecule has 1 fully saturated rings. The maximum Gasteiger partial charge on any atom is 0.231 e. The van der Waals surface area contributed by atoms with Crippen LogP contribution in [-0.4, -0.2) is 67.6 Å². The quantitative estimate of drug-likeness (QED) is 0.422. The van der Waals surface area contributed by atoms with Crippen LogP contribution < -0.4 is 21.3 Å². The third-order valence-corrected chi connectivity index (χ3v) is 4.72. The topological polar surface area (TPSA) is 110 Å². The molecule has 1 aliphatic rings. The first-order chi connectivity index (χ1) is 14.8. The summed E-state index contributed by atoms with van der Waals surface area (Å²) in [5.41, 5.74) is 6.56. The van der Waals surface area contributed by atoms with E-state index in [1.54, 1.807) is 0 Å². The van der Waals surface area contributed by atoms with E-state index >= 15 is 0 Å². The molecule has 3 rings (SSSR count). The van der Waals surface area contributed by atoms with Crippen molar-refractivity contribution in [2.75, 3.05) is 68.1 Å². The fraction of sp³-hybridized carbons (Fsp3) is 0.571. The highest BCUT2D eigenvalue weighted by molar-refractivity contribution is 5.44. The number of nitrogens with two attached hydrogens (primary N) is 1. The van der Waals surface area contributed by atoms with Crippen LogP contribution in [0.1, 0.15) is 24.8 Å². The van der Waals surface area contributed by atoms with E-state index in [9.17, 15) is 0 Å². The zero-order valence-electron chi connectivity index (χ0n) is 17.6. The molecule has 0 unspecified atom stereocenters. The van der Waals surface area contributed by atoms with E-state index in [1.807, 2.05) is 18.2 Å². The first kappa shape index (κ1) is 22.2. The molecule has 2 aromatic rings. The molecule has 4 N–H and O–H groups in total. The van der Waals surface area contributed by atoms with Gasteiger partial charge in [0.1, 0.15) is 0 Å². The van der Waals surface area contributed by atoms with Crippen LogP contribution in [0.5, 0.6) is 0 Å². The van der Waals surface area contributed by atoms with Crippen molar-refractivity contribution in [3.63, 3.8) is 0 Å². The standard InChI is InChI=1S/C21H33N7O2/c22-9-13-29-15-16-30-14-10-23-19-25-20(24-17-18-7-3-1-4-8-18)27-21(26-19)28-11-5-2-6-12-28/h1,3-4,7-8H,2,5-6,9-17,22H2,(H2,23,24,25,26,27). The van der Waals surface area contributed by atoms with Gasteiger partial charge < -0.3 is 30.7 Å². The van der Waals surface area contributed by atoms with Crippen molar-refractivity contribution in [2.45, 2.75) is 25.8 Å². The van der Waals surface area contributed by atoms with Crippen molar-refractivity contribution in [1.82, 2.24) is 15.0 Å². The largest absolute Gasteiger partial charge is 0.378 e. The van der Waals surface area contributed by atoms with Gasteiger partial charge >= 0.3 is 0 Å². The highest BCUT2D eigenvalue weighted by Gasteiger charge is 2.16. The molecule has 164 valence electrons. The van der Waals surface area contributed by atoms with Crippen LogP contribution in [-0.2, 0) is 16.0 Å². The Hall–Kier alpha value is -2.49. The van der Waals surface area contributed by atoms with Crippen LogP contribution in [0.25, 0.3) is 0 Å². The van der Waals surface area contributed by atoms with Crippen LogP contribution in [0.2, 0.25) is 0 Å². The van der Waals surface area contributed by atoms with Gasteiger partial charge in [-0.3, -0.25) is 0 Å². The SMILES string of the molecule is NCCOCCOCCNc1nc(NCc2ccccc2)nc(N2CCCCC2)n1. The Kier molecular flexibility index (Phi) is 9.58. The van der Waals surface area contributed by atoms with Gasteiger partial charge in [-0.25, -0.2) is 0 Å². The number of rotatable bonds is 13. The van der Waals surface area contributed by atoms with Crippen molar-refractivity contribution < 1.29 is 9.47 Å². The van der Waals surface area contributed by atoms with Crippen LogP contribution in [0, 0.1) is 0 Å². The Morgan fingerprint density at radius 3 is 2.27 bits per heavy atom. The van der Waals surface area contributed by atoms with Gasteiger partial charge in [0.2, 0.25) is 17.8 Å². The lowest BCUT2D eigenvalue weighted by molar-refractivity contribution is 0.0547. The van der Waals surface area contributed by atoms with Crippen molar-refractivity contribution in [3.05, 3.63) is 35.9 Å². The number of hydrogen-bond donors (Lipinski definition) is 3. The molecule has 1 saturated heterocycles. The monoisotopic (exact) mass is 415 g/mol. The normalized spacial score (nSPS) is 14.0. The Balaban J connectivity index is 1.55. The van der Waals surface area contributed by atoms with Crippen molar-refractivity contribution in [1.29, 1.82) is 0 Å². The molecule has 0 amide bonds. The maximum absolute atomic E-state index is 5.56. The van der Waals surface area contributed by atoms with E-state index < -0.39 is 0 Å². The van der Waals surface area contributed by atoms with Crippen molar-refractivity contribution in [3.8, 4) is 0 Å². The molecule has 9 nitrogen and oxygen atoms in total. The van der Waals surface area contributed by atoms with Gasteiger partial charge in [-0.1, -0.05) is 30.3 Å². The van der Waals surface area contributed by atoms with E-state index in [4.69, 9.17) is 15.2 Å². The fourth-order valence-electron chi connectivity index (χ4n) is 3.18. The average molecular weight is 416 g/mol. The molecule has 0 bridgehead atoms. The van der Waals surface area contributed by atoms with Crippen molar-refractivity contribution >= 4 is 17.8 Å². The van der Waals surface area contributed by atoms with Gasteiger partial charge in [0.05, 0.1) is 26.4 Å². The predicted octanol–water partition coefficient (Wildman–Crippen LogP) is 1.88. The number of nitrogens with zero attached hydrogens (tertiary/aromatic N) is 4. The summed E-state index contributed by atoms with van der Waals surface area (Å²) in [6.07, 6.45) is 3.60. The van der Waals surface area contributed by atoms with Crippen LogP contribution in [0.15, 0.2) is 30.3 Å². The molecular weight excluding hydrogens is 382 g/mol. The van der Waals surface area contributed by atoms with E-state index in [0.29, 0.717) is 58.0 Å². The minimum absolute atomic E-state index is 0.529. The lowest BCUT2D eigenvalue weighted by Gasteiger charge is -2.27. The highest BCUT2D eigenvalue weighted by atomic mass is 16.5. The molecule has 0 radical (unpaired) electrons. The lowest BCUT2D eigenvalue weighted by Crippen LogP contribution is -2.31. The summed E-state index contributed by atoms with van der Waals surface area (Å²) in [4.78, 5) is 16.0. The van der Waals surface area contributed by atoms with E-state index in [0.717, 1.165) is 19.0 Å². The summed E-state index contributed by atoms with van der Waals surface area (Å²) in [6, 6.07) is 10.2. The van der Waals surface area contributed by atoms with Gasteiger partial charge in [0.25, 0.3) is 0 Å². The summed E-state index contributed by atoms with van der Waals surface area (Å²) >= 11 is 0. The van der Waals surface area contributed by atoms with E-state index in [2.05, 4.69) is 42.6 Å². The van der Waals surface area contributed by atoms with Gasteiger partial charge in [0, 0.05) is 32.7 Å². The third kappa shape index (κ3) is 7.74. The highest BCUT2D eigenvalue weighted by Crippen LogP contribution is 2.18. The number of aromatic nitrogens is 3. The second kappa shape index (κ2) is 12.9. The van der Waals surface area contributed by atoms with Gasteiger partial charge in [-0.2, -0.15) is 15.0 Å². The minimum Gasteiger partial charge on any atom is -0.378 e. The molecule has 1 aliphatic heterocycles. The fourth-order valence-corrected chi connectivity index (χ4v) is 3.18. The zero-order valence-corrected chi connectivity index (χ0v) is 17.6. The molecule has 0 saturated carbocycles. The minimum atomic E-state index is 0.529. The maximum atomic E-state index is 5.56. The zero-order chi connectivity index (χ0) is 20.9. The summed E-state index contributed by atoms with van der Waals surface area (Å²) in [6.45, 7) is 5.96. The number of anilines is 3. The van der Waals surface area contributed by atoms with Gasteiger partial charge in [0.15, 0.2) is 0 Å². The lowest BCUT2D eigenvalue weighted by atomic mass is 10.1. The van der Waals surface area contributed by atoms with Gasteiger partial charge in [-0.05, 0) is 24.8 Å². The molecular formula is C21H33N7O2. The molecule has 0 aliphatic carbocycles. The Labute approximate surface area is 178 Å². The number of piperidine rings is 1. The summed E-state index contributed by atoms with van der Waals surface area (Å²) in [7, 11) is 0. The molecule has 0 spiro atoms. The molecule has 9 heteroatoms. The van der Waals surface area contributed by atoms with Gasteiger partial charge in [-0.15, -0.1) is 0 Å². The predicted molar refractivity (Wildman–Crippen MR) is 119 cm³/mol. The molecule has 0 atom stereocenters. The second-order valence-electron chi connectivity index (χ2n) is 7.11. The van der Waals surface area contributed by atoms with Crippen LogP contribution >= 0.6 is 0 Å². The Bertz CT molecular complexity index is 727. The smallest absolute Gasteiger partial charge is 0.231 e. The van der Waals surface area contributed by atoms with E-state index in [1.165, 1.54) is 24.8 Å². The number of ether oxygens (including phenoxy) is 2. The first-order valence-corrected chi connectivity index (χ1v) is 10.7. The summed E-state index contributed by atoms with van der Waals surface area (Å²) in [5, 5.41) is 6.57. The van der Waals surface area contributed by atoms with E-state index in [-0.39, 0.29) is 0 Å². The first-order valence-electron chi connectivity index (χ1n) is 10.7. The number of nitrogens with one attached hydrogen (secondary N) is 2. The number of benzene rings is 1. The average Bonchev–Trinajstić information content (AvgIpc) is 2.80. The Morgan fingerprint density at radius 1 is 0.833 bits per heavy atom. The van der Waals surface area contributed by atoms with Crippen LogP contribution in [0.3, 0.4) is 0 Å². The second-order valence-corrected chi connectivity index (χ2v) is 7.11. The molecule has 2 heterocycles. The summed E-state index contributed by atoms with van der Waals surface area (Å²) in [5.74, 6) is 1.86. The molecule has 1 aromatic heterocycles. The summed E-state index contributed by atoms with van der Waals surface area (Å²) < 4.78 is 10.9. The Morgan fingerprint density at radius 2 is 1.53 bits per heavy atom. The molecule has 1 aromatic carbocycles. The van der Waals surface area contributed by atoms with Crippen molar-refractivity contribution in [2.24, 2.45) is 5.73 Å². The van der Waals surface area contributed by atoms with Crippen LogP contribution in [0.4, 0.5) is 17.8 Å². The third-order valence-electron chi connectivity index (χ3n) is 4.72.